The van der Waals surface area contributed by atoms with Crippen LogP contribution in [-0.2, 0) is 27.2 Å². The summed E-state index contributed by atoms with van der Waals surface area (Å²) in [5, 5.41) is 0. The second kappa shape index (κ2) is 10.7. The number of hydrogen-bond donors (Lipinski definition) is 0. The first kappa shape index (κ1) is 20.0. The lowest BCUT2D eigenvalue weighted by Gasteiger charge is -2.16. The molecule has 120 valence electrons. The molecule has 0 aliphatic heterocycles. The molecular formula is C12H26O6P2. The largest absolute Gasteiger partial charge is 0.334 e. The molecule has 0 N–H and O–H groups in total. The van der Waals surface area contributed by atoms with Crippen LogP contribution in [0.25, 0.3) is 0 Å². The van der Waals surface area contributed by atoms with E-state index in [2.05, 4.69) is 0 Å². The summed E-state index contributed by atoms with van der Waals surface area (Å²) in [7, 11) is -6.18. The smallest absolute Gasteiger partial charge is 0.309 e. The zero-order chi connectivity index (χ0) is 15.5. The van der Waals surface area contributed by atoms with Crippen LogP contribution in [0, 0.1) is 0 Å². The van der Waals surface area contributed by atoms with Crippen LogP contribution in [0.5, 0.6) is 0 Å². The molecule has 0 saturated heterocycles. The van der Waals surface area contributed by atoms with Crippen molar-refractivity contribution in [2.45, 2.75) is 27.7 Å². The molecule has 0 fully saturated rings. The lowest BCUT2D eigenvalue weighted by atomic mass is 10.6. The standard InChI is InChI=1S/C12H26O6P2/c1-5-15-19(13,16-6-2)11-9-10-12-20(14,17-7-3)18-8-4/h9-10H,5-8,11-12H2,1-4H3. The van der Waals surface area contributed by atoms with Gasteiger partial charge in [0.15, 0.2) is 0 Å². The van der Waals surface area contributed by atoms with Crippen LogP contribution < -0.4 is 0 Å². The van der Waals surface area contributed by atoms with Crippen LogP contribution in [0.15, 0.2) is 12.2 Å². The van der Waals surface area contributed by atoms with Gasteiger partial charge in [0.2, 0.25) is 0 Å². The number of hydrogen-bond acceptors (Lipinski definition) is 6. The molecule has 0 atom stereocenters. The molecule has 0 unspecified atom stereocenters. The second-order valence-corrected chi connectivity index (χ2v) is 7.94. The summed E-state index contributed by atoms with van der Waals surface area (Å²) in [6.45, 7) is 8.31. The predicted molar refractivity (Wildman–Crippen MR) is 80.6 cm³/mol. The van der Waals surface area contributed by atoms with Gasteiger partial charge in [-0.3, -0.25) is 9.13 Å². The van der Waals surface area contributed by atoms with E-state index in [-0.39, 0.29) is 12.3 Å². The second-order valence-electron chi connectivity index (χ2n) is 3.73. The lowest BCUT2D eigenvalue weighted by Crippen LogP contribution is -2.00. The van der Waals surface area contributed by atoms with Gasteiger partial charge >= 0.3 is 15.2 Å². The molecule has 0 aliphatic rings. The summed E-state index contributed by atoms with van der Waals surface area (Å²) in [4.78, 5) is 0. The van der Waals surface area contributed by atoms with Gasteiger partial charge in [0.25, 0.3) is 0 Å². The van der Waals surface area contributed by atoms with E-state index >= 15 is 0 Å². The topological polar surface area (TPSA) is 71.1 Å². The first-order chi connectivity index (χ1) is 9.45. The van der Waals surface area contributed by atoms with Gasteiger partial charge in [-0.25, -0.2) is 0 Å². The summed E-state index contributed by atoms with van der Waals surface area (Å²) in [5.74, 6) is 0. The first-order valence-electron chi connectivity index (χ1n) is 6.86. The van der Waals surface area contributed by atoms with E-state index in [1.807, 2.05) is 0 Å². The normalized spacial score (nSPS) is 13.2. The SMILES string of the molecule is CCOP(=O)(CC=CCP(=O)(OCC)OCC)OCC. The minimum absolute atomic E-state index is 0.146. The van der Waals surface area contributed by atoms with Gasteiger partial charge in [-0.05, 0) is 27.7 Å². The van der Waals surface area contributed by atoms with Gasteiger partial charge < -0.3 is 18.1 Å². The summed E-state index contributed by atoms with van der Waals surface area (Å²) in [6.07, 6.45) is 3.56. The minimum atomic E-state index is -3.09. The average molecular weight is 328 g/mol. The minimum Gasteiger partial charge on any atom is -0.309 e. The zero-order valence-corrected chi connectivity index (χ0v) is 14.5. The Morgan fingerprint density at radius 1 is 0.650 bits per heavy atom. The van der Waals surface area contributed by atoms with Crippen molar-refractivity contribution in [3.8, 4) is 0 Å². The maximum atomic E-state index is 12.2. The molecule has 0 aromatic carbocycles. The Kier molecular flexibility index (Phi) is 10.7. The molecular weight excluding hydrogens is 302 g/mol. The molecule has 0 saturated carbocycles. The molecule has 0 heterocycles. The van der Waals surface area contributed by atoms with Gasteiger partial charge in [0, 0.05) is 0 Å². The van der Waals surface area contributed by atoms with Crippen molar-refractivity contribution in [2.24, 2.45) is 0 Å². The molecule has 0 rings (SSSR count). The fraction of sp³-hybridized carbons (Fsp3) is 0.833. The van der Waals surface area contributed by atoms with E-state index in [0.29, 0.717) is 26.4 Å². The van der Waals surface area contributed by atoms with Gasteiger partial charge in [-0.2, -0.15) is 0 Å². The van der Waals surface area contributed by atoms with E-state index < -0.39 is 15.2 Å². The van der Waals surface area contributed by atoms with Crippen molar-refractivity contribution in [1.82, 2.24) is 0 Å². The quantitative estimate of drug-likeness (QED) is 0.397. The van der Waals surface area contributed by atoms with Crippen LogP contribution in [-0.4, -0.2) is 38.8 Å². The maximum absolute atomic E-state index is 12.2. The van der Waals surface area contributed by atoms with E-state index in [1.54, 1.807) is 39.8 Å². The Morgan fingerprint density at radius 3 is 1.10 bits per heavy atom. The van der Waals surface area contributed by atoms with Crippen LogP contribution in [0.2, 0.25) is 0 Å². The van der Waals surface area contributed by atoms with Gasteiger partial charge in [-0.1, -0.05) is 12.2 Å². The van der Waals surface area contributed by atoms with E-state index in [1.165, 1.54) is 0 Å². The Hall–Kier alpha value is 0.0400. The average Bonchev–Trinajstić information content (AvgIpc) is 2.36. The van der Waals surface area contributed by atoms with Crippen LogP contribution in [0.1, 0.15) is 27.7 Å². The molecule has 0 bridgehead atoms. The van der Waals surface area contributed by atoms with Crippen LogP contribution in [0.4, 0.5) is 0 Å². The number of rotatable bonds is 12. The van der Waals surface area contributed by atoms with Crippen molar-refractivity contribution < 1.29 is 27.2 Å². The van der Waals surface area contributed by atoms with Crippen molar-refractivity contribution in [3.05, 3.63) is 12.2 Å². The van der Waals surface area contributed by atoms with E-state index in [9.17, 15) is 9.13 Å². The molecule has 0 spiro atoms. The zero-order valence-electron chi connectivity index (χ0n) is 12.7. The third-order valence-corrected chi connectivity index (χ3v) is 6.05. The summed E-state index contributed by atoms with van der Waals surface area (Å²) in [6, 6.07) is 0. The van der Waals surface area contributed by atoms with Crippen LogP contribution in [0.3, 0.4) is 0 Å². The summed E-state index contributed by atoms with van der Waals surface area (Å²) >= 11 is 0. The molecule has 0 radical (unpaired) electrons. The van der Waals surface area contributed by atoms with Crippen molar-refractivity contribution >= 4 is 15.2 Å². The summed E-state index contributed by atoms with van der Waals surface area (Å²) in [5.41, 5.74) is 0. The Balaban J connectivity index is 4.47. The summed E-state index contributed by atoms with van der Waals surface area (Å²) < 4.78 is 44.9. The molecule has 0 aliphatic carbocycles. The van der Waals surface area contributed by atoms with Gasteiger partial charge in [0.05, 0.1) is 38.8 Å². The fourth-order valence-electron chi connectivity index (χ4n) is 1.48. The molecule has 20 heavy (non-hydrogen) atoms. The van der Waals surface area contributed by atoms with Gasteiger partial charge in [0.1, 0.15) is 0 Å². The predicted octanol–water partition coefficient (Wildman–Crippen LogP) is 4.07. The Morgan fingerprint density at radius 2 is 0.900 bits per heavy atom. The lowest BCUT2D eigenvalue weighted by molar-refractivity contribution is 0.221. The Bertz CT molecular complexity index is 315. The monoisotopic (exact) mass is 328 g/mol. The first-order valence-corrected chi connectivity index (χ1v) is 10.3. The highest BCUT2D eigenvalue weighted by molar-refractivity contribution is 7.54. The highest BCUT2D eigenvalue weighted by Gasteiger charge is 2.23. The molecule has 6 nitrogen and oxygen atoms in total. The molecule has 8 heteroatoms. The molecule has 0 aromatic rings. The molecule has 0 amide bonds. The van der Waals surface area contributed by atoms with E-state index in [0.717, 1.165) is 0 Å². The van der Waals surface area contributed by atoms with Gasteiger partial charge in [-0.15, -0.1) is 0 Å². The van der Waals surface area contributed by atoms with Crippen molar-refractivity contribution in [3.63, 3.8) is 0 Å². The third kappa shape index (κ3) is 8.35. The maximum Gasteiger partial charge on any atom is 0.334 e. The Labute approximate surface area is 121 Å². The highest BCUT2D eigenvalue weighted by atomic mass is 31.2. The van der Waals surface area contributed by atoms with Crippen LogP contribution >= 0.6 is 15.2 Å². The third-order valence-electron chi connectivity index (χ3n) is 2.13. The highest BCUT2D eigenvalue weighted by Crippen LogP contribution is 2.49. The van der Waals surface area contributed by atoms with Crippen molar-refractivity contribution in [2.75, 3.05) is 38.8 Å². The number of allylic oxidation sites excluding steroid dienone is 2. The fourth-order valence-corrected chi connectivity index (χ4v) is 4.44. The molecule has 0 aromatic heterocycles. The van der Waals surface area contributed by atoms with Crippen molar-refractivity contribution in [1.29, 1.82) is 0 Å². The van der Waals surface area contributed by atoms with E-state index in [4.69, 9.17) is 18.1 Å².